The topological polar surface area (TPSA) is 53.9 Å². The number of methoxy groups -OCH3 is 1. The average Bonchev–Trinajstić information content (AvgIpc) is 2.66. The first kappa shape index (κ1) is 17.9. The lowest BCUT2D eigenvalue weighted by molar-refractivity contribution is -0.119. The van der Waals surface area contributed by atoms with Gasteiger partial charge in [0.25, 0.3) is 5.91 Å². The van der Waals surface area contributed by atoms with Crippen molar-refractivity contribution in [2.24, 2.45) is 5.10 Å². The Kier molecular flexibility index (Phi) is 5.51. The Balaban J connectivity index is 1.64. The van der Waals surface area contributed by atoms with Crippen LogP contribution in [0.3, 0.4) is 0 Å². The molecule has 2 aromatic carbocycles. The van der Waals surface area contributed by atoms with Crippen LogP contribution < -0.4 is 15.1 Å². The molecule has 1 aliphatic rings. The lowest BCUT2D eigenvalue weighted by atomic mass is 10.0. The molecule has 0 spiro atoms. The number of hydrogen-bond donors (Lipinski definition) is 1. The largest absolute Gasteiger partial charge is 0.494 e. The van der Waals surface area contributed by atoms with Crippen LogP contribution >= 0.6 is 0 Å². The van der Waals surface area contributed by atoms with E-state index in [1.165, 1.54) is 24.8 Å². The summed E-state index contributed by atoms with van der Waals surface area (Å²) in [4.78, 5) is 14.3. The first-order chi connectivity index (χ1) is 12.6. The van der Waals surface area contributed by atoms with Gasteiger partial charge in [-0.05, 0) is 49.6 Å². The van der Waals surface area contributed by atoms with E-state index in [0.717, 1.165) is 25.1 Å². The summed E-state index contributed by atoms with van der Waals surface area (Å²) in [5.74, 6) is -0.486. The minimum atomic E-state index is -0.462. The number of para-hydroxylation sites is 1. The van der Waals surface area contributed by atoms with E-state index in [0.29, 0.717) is 11.3 Å². The van der Waals surface area contributed by atoms with Crippen molar-refractivity contribution in [3.05, 3.63) is 59.4 Å². The maximum absolute atomic E-state index is 13.8. The van der Waals surface area contributed by atoms with E-state index in [4.69, 9.17) is 4.74 Å². The summed E-state index contributed by atoms with van der Waals surface area (Å²) in [6, 6.07) is 12.7. The number of amides is 1. The van der Waals surface area contributed by atoms with E-state index in [1.807, 2.05) is 18.2 Å². The number of fused-ring (bicyclic) bond motifs is 1. The maximum atomic E-state index is 13.8. The number of rotatable bonds is 5. The van der Waals surface area contributed by atoms with Crippen molar-refractivity contribution < 1.29 is 13.9 Å². The normalized spacial score (nSPS) is 14.0. The third kappa shape index (κ3) is 4.02. The zero-order chi connectivity index (χ0) is 18.5. The molecule has 1 aliphatic heterocycles. The molecule has 0 radical (unpaired) electrons. The van der Waals surface area contributed by atoms with Gasteiger partial charge in [0.05, 0.1) is 19.4 Å². The quantitative estimate of drug-likeness (QED) is 0.662. The number of nitrogens with zero attached hydrogens (tertiary/aromatic N) is 2. The first-order valence-electron chi connectivity index (χ1n) is 8.58. The Hall–Kier alpha value is -2.89. The second kappa shape index (κ2) is 7.99. The Bertz CT molecular complexity index is 836. The maximum Gasteiger partial charge on any atom is 0.259 e. The molecule has 1 amide bonds. The fourth-order valence-corrected chi connectivity index (χ4v) is 3.09. The van der Waals surface area contributed by atoms with Crippen LogP contribution in [-0.4, -0.2) is 31.8 Å². The molecular weight excluding hydrogens is 333 g/mol. The highest BCUT2D eigenvalue weighted by Gasteiger charge is 2.18. The molecule has 0 aliphatic carbocycles. The molecule has 0 saturated carbocycles. The average molecular weight is 355 g/mol. The monoisotopic (exact) mass is 355 g/mol. The van der Waals surface area contributed by atoms with Crippen LogP contribution in [0, 0.1) is 5.82 Å². The van der Waals surface area contributed by atoms with Gasteiger partial charge in [-0.2, -0.15) is 5.10 Å². The van der Waals surface area contributed by atoms with Gasteiger partial charge in [-0.25, -0.2) is 9.82 Å². The molecule has 0 aromatic heterocycles. The zero-order valence-electron chi connectivity index (χ0n) is 15.0. The van der Waals surface area contributed by atoms with Gasteiger partial charge in [0, 0.05) is 17.8 Å². The second-order valence-corrected chi connectivity index (χ2v) is 6.24. The molecular formula is C20H22FN3O2. The van der Waals surface area contributed by atoms with Crippen LogP contribution in [0.5, 0.6) is 5.75 Å². The van der Waals surface area contributed by atoms with Crippen LogP contribution in [0.4, 0.5) is 10.1 Å². The minimum absolute atomic E-state index is 0.175. The van der Waals surface area contributed by atoms with Gasteiger partial charge in [-0.3, -0.25) is 4.79 Å². The number of hydrogen-bond acceptors (Lipinski definition) is 4. The molecule has 0 unspecified atom stereocenters. The number of anilines is 1. The standard InChI is InChI=1S/C20H22FN3O2/c1-14(16-9-10-19(26-2)17(21)12-16)22-23-20(25)13-24-11-5-7-15-6-3-4-8-18(15)24/h3-4,6,8-10,12H,5,7,11,13H2,1-2H3,(H,23,25)/b22-14-. The Morgan fingerprint density at radius 2 is 2.12 bits per heavy atom. The van der Waals surface area contributed by atoms with Crippen molar-refractivity contribution in [2.75, 3.05) is 25.1 Å². The highest BCUT2D eigenvalue weighted by Crippen LogP contribution is 2.26. The number of aryl methyl sites for hydroxylation is 1. The third-order valence-corrected chi connectivity index (χ3v) is 4.46. The van der Waals surface area contributed by atoms with Gasteiger partial charge >= 0.3 is 0 Å². The highest BCUT2D eigenvalue weighted by atomic mass is 19.1. The second-order valence-electron chi connectivity index (χ2n) is 6.24. The van der Waals surface area contributed by atoms with Gasteiger partial charge < -0.3 is 9.64 Å². The number of carbonyl (C=O) groups is 1. The van der Waals surface area contributed by atoms with Crippen LogP contribution in [-0.2, 0) is 11.2 Å². The molecule has 5 nitrogen and oxygen atoms in total. The fourth-order valence-electron chi connectivity index (χ4n) is 3.09. The molecule has 0 bridgehead atoms. The van der Waals surface area contributed by atoms with Crippen molar-refractivity contribution in [3.63, 3.8) is 0 Å². The summed E-state index contributed by atoms with van der Waals surface area (Å²) in [7, 11) is 1.41. The highest BCUT2D eigenvalue weighted by molar-refractivity contribution is 5.99. The van der Waals surface area contributed by atoms with Crippen LogP contribution in [0.1, 0.15) is 24.5 Å². The summed E-state index contributed by atoms with van der Waals surface area (Å²) < 4.78 is 18.7. The van der Waals surface area contributed by atoms with Crippen molar-refractivity contribution in [3.8, 4) is 5.75 Å². The number of carbonyl (C=O) groups excluding carboxylic acids is 1. The summed E-state index contributed by atoms with van der Waals surface area (Å²) in [5, 5.41) is 4.10. The van der Waals surface area contributed by atoms with Gasteiger partial charge in [0.15, 0.2) is 11.6 Å². The number of ether oxygens (including phenoxy) is 1. The third-order valence-electron chi connectivity index (χ3n) is 4.46. The van der Waals surface area contributed by atoms with E-state index < -0.39 is 5.82 Å². The zero-order valence-corrected chi connectivity index (χ0v) is 15.0. The molecule has 136 valence electrons. The fraction of sp³-hybridized carbons (Fsp3) is 0.300. The van der Waals surface area contributed by atoms with Gasteiger partial charge in [0.2, 0.25) is 0 Å². The SMILES string of the molecule is COc1ccc(/C(C)=N\NC(=O)CN2CCCc3ccccc32)cc1F. The summed E-state index contributed by atoms with van der Waals surface area (Å²) in [6.45, 7) is 2.80. The van der Waals surface area contributed by atoms with E-state index >= 15 is 0 Å². The molecule has 1 heterocycles. The smallest absolute Gasteiger partial charge is 0.259 e. The van der Waals surface area contributed by atoms with Gasteiger partial charge in [-0.15, -0.1) is 0 Å². The van der Waals surface area contributed by atoms with Crippen LogP contribution in [0.25, 0.3) is 0 Å². The molecule has 6 heteroatoms. The van der Waals surface area contributed by atoms with Crippen molar-refractivity contribution in [2.45, 2.75) is 19.8 Å². The predicted octanol–water partition coefficient (Wildman–Crippen LogP) is 3.13. The number of halogens is 1. The molecule has 0 atom stereocenters. The Morgan fingerprint density at radius 1 is 1.31 bits per heavy atom. The predicted molar refractivity (Wildman–Crippen MR) is 100 cm³/mol. The van der Waals surface area contributed by atoms with Gasteiger partial charge in [-0.1, -0.05) is 18.2 Å². The molecule has 26 heavy (non-hydrogen) atoms. The van der Waals surface area contributed by atoms with E-state index in [2.05, 4.69) is 21.5 Å². The molecule has 0 saturated heterocycles. The Labute approximate surface area is 152 Å². The van der Waals surface area contributed by atoms with Crippen LogP contribution in [0.15, 0.2) is 47.6 Å². The number of hydrazone groups is 1. The van der Waals surface area contributed by atoms with Crippen molar-refractivity contribution in [1.29, 1.82) is 0 Å². The van der Waals surface area contributed by atoms with E-state index in [9.17, 15) is 9.18 Å². The summed E-state index contributed by atoms with van der Waals surface area (Å²) in [5.41, 5.74) is 6.04. The minimum Gasteiger partial charge on any atom is -0.494 e. The van der Waals surface area contributed by atoms with Crippen LogP contribution in [0.2, 0.25) is 0 Å². The van der Waals surface area contributed by atoms with E-state index in [1.54, 1.807) is 13.0 Å². The number of nitrogens with one attached hydrogen (secondary N) is 1. The number of benzene rings is 2. The van der Waals surface area contributed by atoms with E-state index in [-0.39, 0.29) is 18.2 Å². The lowest BCUT2D eigenvalue weighted by Crippen LogP contribution is -2.38. The molecule has 1 N–H and O–H groups in total. The summed E-state index contributed by atoms with van der Waals surface area (Å²) >= 11 is 0. The first-order valence-corrected chi connectivity index (χ1v) is 8.58. The van der Waals surface area contributed by atoms with Crippen molar-refractivity contribution >= 4 is 17.3 Å². The van der Waals surface area contributed by atoms with Gasteiger partial charge in [0.1, 0.15) is 0 Å². The molecule has 0 fully saturated rings. The molecule has 2 aromatic rings. The summed E-state index contributed by atoms with van der Waals surface area (Å²) in [6.07, 6.45) is 2.06. The lowest BCUT2D eigenvalue weighted by Gasteiger charge is -2.30. The Morgan fingerprint density at radius 3 is 2.88 bits per heavy atom. The molecule has 3 rings (SSSR count). The van der Waals surface area contributed by atoms with Crippen molar-refractivity contribution in [1.82, 2.24) is 5.43 Å².